The zero-order valence-electron chi connectivity index (χ0n) is 11.7. The van der Waals surface area contributed by atoms with Gasteiger partial charge in [-0.05, 0) is 37.5 Å². The second kappa shape index (κ2) is 6.79. The van der Waals surface area contributed by atoms with Crippen molar-refractivity contribution in [1.29, 1.82) is 0 Å². The van der Waals surface area contributed by atoms with Gasteiger partial charge in [0.05, 0.1) is 10.9 Å². The first kappa shape index (κ1) is 15.6. The maximum atomic E-state index is 12.2. The summed E-state index contributed by atoms with van der Waals surface area (Å²) < 4.78 is 27.0. The van der Waals surface area contributed by atoms with Crippen molar-refractivity contribution in [3.8, 4) is 0 Å². The van der Waals surface area contributed by atoms with Crippen molar-refractivity contribution in [3.63, 3.8) is 0 Å². The highest BCUT2D eigenvalue weighted by Gasteiger charge is 2.19. The summed E-state index contributed by atoms with van der Waals surface area (Å²) in [5.74, 6) is 0.457. The molecule has 1 aromatic carbocycles. The summed E-state index contributed by atoms with van der Waals surface area (Å²) >= 11 is 0. The van der Waals surface area contributed by atoms with Crippen LogP contribution in [0.2, 0.25) is 0 Å². The maximum Gasteiger partial charge on any atom is 0.241 e. The zero-order valence-corrected chi connectivity index (χ0v) is 12.5. The van der Waals surface area contributed by atoms with Crippen molar-refractivity contribution < 1.29 is 13.5 Å². The zero-order chi connectivity index (χ0) is 15.3. The number of aromatic amines is 1. The molecular weight excluding hydrogens is 292 g/mol. The van der Waals surface area contributed by atoms with Crippen LogP contribution in [-0.4, -0.2) is 35.3 Å². The van der Waals surface area contributed by atoms with E-state index in [1.807, 2.05) is 0 Å². The molecule has 2 aromatic rings. The molecule has 21 heavy (non-hydrogen) atoms. The van der Waals surface area contributed by atoms with Gasteiger partial charge in [0, 0.05) is 6.61 Å². The van der Waals surface area contributed by atoms with Crippen LogP contribution in [0.25, 0.3) is 0 Å². The van der Waals surface area contributed by atoms with Crippen molar-refractivity contribution in [1.82, 2.24) is 19.9 Å². The van der Waals surface area contributed by atoms with E-state index >= 15 is 0 Å². The van der Waals surface area contributed by atoms with Gasteiger partial charge in [0.25, 0.3) is 0 Å². The van der Waals surface area contributed by atoms with Gasteiger partial charge in [-0.3, -0.25) is 5.10 Å². The summed E-state index contributed by atoms with van der Waals surface area (Å²) in [7, 11) is -3.61. The summed E-state index contributed by atoms with van der Waals surface area (Å²) in [6.07, 6.45) is 2.71. The Morgan fingerprint density at radius 3 is 2.62 bits per heavy atom. The van der Waals surface area contributed by atoms with Gasteiger partial charge in [0.15, 0.2) is 0 Å². The third-order valence-electron chi connectivity index (χ3n) is 3.03. The first-order chi connectivity index (χ1) is 10.0. The minimum Gasteiger partial charge on any atom is -0.396 e. The highest BCUT2D eigenvalue weighted by Crippen LogP contribution is 2.15. The molecule has 0 aliphatic carbocycles. The molecule has 3 N–H and O–H groups in total. The van der Waals surface area contributed by atoms with E-state index in [1.54, 1.807) is 31.2 Å². The van der Waals surface area contributed by atoms with Gasteiger partial charge in [0.2, 0.25) is 10.0 Å². The number of aromatic nitrogens is 3. The third kappa shape index (κ3) is 4.10. The molecule has 0 aliphatic rings. The number of sulfonamides is 1. The SMILES string of the molecule is CC(NS(=O)(=O)c1ccc(CCCO)cc1)c1ncn[nH]1. The number of rotatable bonds is 7. The lowest BCUT2D eigenvalue weighted by molar-refractivity contribution is 0.288. The third-order valence-corrected chi connectivity index (χ3v) is 4.59. The molecular formula is C13H18N4O3S. The molecule has 1 heterocycles. The fourth-order valence-electron chi connectivity index (χ4n) is 1.90. The van der Waals surface area contributed by atoms with Gasteiger partial charge >= 0.3 is 0 Å². The van der Waals surface area contributed by atoms with Crippen LogP contribution in [-0.2, 0) is 16.4 Å². The van der Waals surface area contributed by atoms with E-state index in [0.717, 1.165) is 12.0 Å². The monoisotopic (exact) mass is 310 g/mol. The van der Waals surface area contributed by atoms with Gasteiger partial charge in [-0.25, -0.2) is 18.1 Å². The van der Waals surface area contributed by atoms with Gasteiger partial charge in [0.1, 0.15) is 12.2 Å². The summed E-state index contributed by atoms with van der Waals surface area (Å²) in [5, 5.41) is 15.1. The Morgan fingerprint density at radius 1 is 1.33 bits per heavy atom. The molecule has 0 saturated heterocycles. The molecule has 0 bridgehead atoms. The number of benzene rings is 1. The number of aliphatic hydroxyl groups excluding tert-OH is 1. The van der Waals surface area contributed by atoms with Crippen LogP contribution in [0.4, 0.5) is 0 Å². The van der Waals surface area contributed by atoms with Gasteiger partial charge in [-0.15, -0.1) is 0 Å². The van der Waals surface area contributed by atoms with Crippen molar-refractivity contribution in [3.05, 3.63) is 42.0 Å². The Labute approximate surface area is 123 Å². The van der Waals surface area contributed by atoms with Gasteiger partial charge in [-0.2, -0.15) is 5.10 Å². The quantitative estimate of drug-likeness (QED) is 0.700. The normalized spacial score (nSPS) is 13.2. The molecule has 0 fully saturated rings. The average molecular weight is 310 g/mol. The van der Waals surface area contributed by atoms with Crippen LogP contribution < -0.4 is 4.72 Å². The Hall–Kier alpha value is -1.77. The lowest BCUT2D eigenvalue weighted by atomic mass is 10.1. The molecule has 2 rings (SSSR count). The standard InChI is InChI=1S/C13H18N4O3S/c1-10(13-14-9-15-16-13)17-21(19,20)12-6-4-11(5-7-12)3-2-8-18/h4-7,9-10,17-18H,2-3,8H2,1H3,(H,14,15,16). The largest absolute Gasteiger partial charge is 0.396 e. The minimum absolute atomic E-state index is 0.121. The van der Waals surface area contributed by atoms with Crippen LogP contribution in [0.5, 0.6) is 0 Å². The van der Waals surface area contributed by atoms with Crippen LogP contribution in [0.3, 0.4) is 0 Å². The number of aliphatic hydroxyl groups is 1. The maximum absolute atomic E-state index is 12.2. The van der Waals surface area contributed by atoms with Crippen LogP contribution in [0.1, 0.15) is 30.8 Å². The molecule has 8 heteroatoms. The molecule has 7 nitrogen and oxygen atoms in total. The van der Waals surface area contributed by atoms with Crippen molar-refractivity contribution in [2.45, 2.75) is 30.7 Å². The van der Waals surface area contributed by atoms with Crippen molar-refractivity contribution >= 4 is 10.0 Å². The Morgan fingerprint density at radius 2 is 2.05 bits per heavy atom. The van der Waals surface area contributed by atoms with Crippen LogP contribution in [0.15, 0.2) is 35.5 Å². The lowest BCUT2D eigenvalue weighted by Crippen LogP contribution is -2.27. The number of H-pyrrole nitrogens is 1. The Bertz CT molecular complexity index is 653. The smallest absolute Gasteiger partial charge is 0.241 e. The number of nitrogens with zero attached hydrogens (tertiary/aromatic N) is 2. The van der Waals surface area contributed by atoms with E-state index in [0.29, 0.717) is 12.2 Å². The molecule has 1 atom stereocenters. The molecule has 0 radical (unpaired) electrons. The van der Waals surface area contributed by atoms with Crippen molar-refractivity contribution in [2.24, 2.45) is 0 Å². The minimum atomic E-state index is -3.61. The Balaban J connectivity index is 2.08. The summed E-state index contributed by atoms with van der Waals surface area (Å²) in [5.41, 5.74) is 0.992. The number of hydrogen-bond donors (Lipinski definition) is 3. The molecule has 0 saturated carbocycles. The number of aryl methyl sites for hydroxylation is 1. The first-order valence-electron chi connectivity index (χ1n) is 6.60. The fraction of sp³-hybridized carbons (Fsp3) is 0.385. The second-order valence-electron chi connectivity index (χ2n) is 4.68. The first-order valence-corrected chi connectivity index (χ1v) is 8.08. The number of nitrogens with one attached hydrogen (secondary N) is 2. The summed E-state index contributed by atoms with van der Waals surface area (Å²) in [6, 6.07) is 6.13. The highest BCUT2D eigenvalue weighted by molar-refractivity contribution is 7.89. The summed E-state index contributed by atoms with van der Waals surface area (Å²) in [6.45, 7) is 1.81. The van der Waals surface area contributed by atoms with Crippen LogP contribution in [0, 0.1) is 0 Å². The topological polar surface area (TPSA) is 108 Å². The molecule has 114 valence electrons. The molecule has 1 unspecified atom stereocenters. The predicted octanol–water partition coefficient (Wildman–Crippen LogP) is 0.769. The molecule has 0 spiro atoms. The van der Waals surface area contributed by atoms with Crippen LogP contribution >= 0.6 is 0 Å². The average Bonchev–Trinajstić information content (AvgIpc) is 2.99. The van der Waals surface area contributed by atoms with E-state index in [4.69, 9.17) is 5.11 Å². The Kier molecular flexibility index (Phi) is 5.05. The number of hydrogen-bond acceptors (Lipinski definition) is 5. The lowest BCUT2D eigenvalue weighted by Gasteiger charge is -2.12. The summed E-state index contributed by atoms with van der Waals surface area (Å²) in [4.78, 5) is 4.12. The van der Waals surface area contributed by atoms with E-state index in [1.165, 1.54) is 6.33 Å². The van der Waals surface area contributed by atoms with Crippen molar-refractivity contribution in [2.75, 3.05) is 6.61 Å². The van der Waals surface area contributed by atoms with E-state index in [2.05, 4.69) is 19.9 Å². The van der Waals surface area contributed by atoms with E-state index in [9.17, 15) is 8.42 Å². The fourth-order valence-corrected chi connectivity index (χ4v) is 3.11. The molecule has 0 amide bonds. The molecule has 0 aliphatic heterocycles. The van der Waals surface area contributed by atoms with Gasteiger partial charge in [-0.1, -0.05) is 12.1 Å². The van der Waals surface area contributed by atoms with E-state index < -0.39 is 16.1 Å². The van der Waals surface area contributed by atoms with E-state index in [-0.39, 0.29) is 11.5 Å². The highest BCUT2D eigenvalue weighted by atomic mass is 32.2. The molecule has 1 aromatic heterocycles. The predicted molar refractivity (Wildman–Crippen MR) is 77.0 cm³/mol. The van der Waals surface area contributed by atoms with Gasteiger partial charge < -0.3 is 5.11 Å². The second-order valence-corrected chi connectivity index (χ2v) is 6.40.